The molecule has 0 bridgehead atoms. The van der Waals surface area contributed by atoms with Crippen molar-refractivity contribution in [2.45, 2.75) is 25.7 Å². The molecule has 0 aliphatic carbocycles. The first-order valence-electron chi connectivity index (χ1n) is 6.36. The van der Waals surface area contributed by atoms with Crippen LogP contribution < -0.4 is 0 Å². The van der Waals surface area contributed by atoms with Crippen LogP contribution in [0.5, 0.6) is 0 Å². The molecule has 20 heavy (non-hydrogen) atoms. The third-order valence-electron chi connectivity index (χ3n) is 3.14. The predicted octanol–water partition coefficient (Wildman–Crippen LogP) is 1.58. The first kappa shape index (κ1) is 14.9. The minimum absolute atomic E-state index is 0.265. The van der Waals surface area contributed by atoms with Crippen LogP contribution in [-0.2, 0) is 20.9 Å². The summed E-state index contributed by atoms with van der Waals surface area (Å²) in [7, 11) is 0. The van der Waals surface area contributed by atoms with Crippen LogP contribution in [0.2, 0.25) is 0 Å². The highest BCUT2D eigenvalue weighted by Gasteiger charge is 2.36. The number of ether oxygens (including phenoxy) is 1. The van der Waals surface area contributed by atoms with Gasteiger partial charge in [-0.1, -0.05) is 30.3 Å². The average Bonchev–Trinajstić information content (AvgIpc) is 2.94. The van der Waals surface area contributed by atoms with E-state index in [2.05, 4.69) is 0 Å². The Kier molecular flexibility index (Phi) is 5.03. The molecule has 1 fully saturated rings. The summed E-state index contributed by atoms with van der Waals surface area (Å²) in [6, 6.07) is 8.82. The Balaban J connectivity index is 1.90. The summed E-state index contributed by atoms with van der Waals surface area (Å²) >= 11 is 1.45. The molecular formula is C14H17NO4S. The van der Waals surface area contributed by atoms with Crippen molar-refractivity contribution in [1.82, 2.24) is 4.90 Å². The standard InChI is InChI=1S/C14H17NO4S/c1-10(19-7-11-5-3-2-4-6-11)13(16)15-9-20-8-12(15)14(17)18/h2-6,10,12H,7-9H2,1H3,(H,17,18). The molecule has 1 aliphatic heterocycles. The fourth-order valence-corrected chi connectivity index (χ4v) is 3.12. The normalized spacial score (nSPS) is 19.9. The lowest BCUT2D eigenvalue weighted by molar-refractivity contribution is -0.153. The predicted molar refractivity (Wildman–Crippen MR) is 76.3 cm³/mol. The largest absolute Gasteiger partial charge is 0.480 e. The number of benzene rings is 1. The number of carboxylic acid groups (broad SMARTS) is 1. The lowest BCUT2D eigenvalue weighted by Crippen LogP contribution is -2.46. The molecule has 1 amide bonds. The molecule has 1 aromatic rings. The van der Waals surface area contributed by atoms with Crippen LogP contribution in [0, 0.1) is 0 Å². The number of hydrogen-bond donors (Lipinski definition) is 1. The van der Waals surface area contributed by atoms with Gasteiger partial charge in [0.1, 0.15) is 12.1 Å². The van der Waals surface area contributed by atoms with Crippen LogP contribution in [-0.4, -0.2) is 45.7 Å². The van der Waals surface area contributed by atoms with E-state index in [4.69, 9.17) is 9.84 Å². The van der Waals surface area contributed by atoms with Crippen molar-refractivity contribution in [2.24, 2.45) is 0 Å². The van der Waals surface area contributed by atoms with Crippen molar-refractivity contribution in [3.05, 3.63) is 35.9 Å². The van der Waals surface area contributed by atoms with E-state index >= 15 is 0 Å². The van der Waals surface area contributed by atoms with E-state index in [-0.39, 0.29) is 5.91 Å². The lowest BCUT2D eigenvalue weighted by Gasteiger charge is -2.24. The van der Waals surface area contributed by atoms with Crippen LogP contribution >= 0.6 is 11.8 Å². The van der Waals surface area contributed by atoms with Crippen LogP contribution in [0.4, 0.5) is 0 Å². The Morgan fingerprint density at radius 1 is 1.45 bits per heavy atom. The molecule has 0 radical (unpaired) electrons. The molecule has 108 valence electrons. The van der Waals surface area contributed by atoms with Gasteiger partial charge in [0.25, 0.3) is 5.91 Å². The van der Waals surface area contributed by atoms with Gasteiger partial charge in [0.05, 0.1) is 12.5 Å². The molecule has 6 heteroatoms. The van der Waals surface area contributed by atoms with Crippen LogP contribution in [0.1, 0.15) is 12.5 Å². The maximum Gasteiger partial charge on any atom is 0.327 e. The number of hydrogen-bond acceptors (Lipinski definition) is 4. The van der Waals surface area contributed by atoms with Crippen LogP contribution in [0.3, 0.4) is 0 Å². The summed E-state index contributed by atoms with van der Waals surface area (Å²) in [5.41, 5.74) is 0.984. The number of rotatable bonds is 5. The number of carbonyl (C=O) groups is 2. The monoisotopic (exact) mass is 295 g/mol. The molecule has 1 aliphatic rings. The second-order valence-electron chi connectivity index (χ2n) is 4.60. The number of carboxylic acids is 1. The Bertz CT molecular complexity index is 479. The van der Waals surface area contributed by atoms with Gasteiger partial charge in [-0.05, 0) is 12.5 Å². The second-order valence-corrected chi connectivity index (χ2v) is 5.60. The minimum atomic E-state index is -0.960. The highest BCUT2D eigenvalue weighted by molar-refractivity contribution is 7.99. The van der Waals surface area contributed by atoms with Gasteiger partial charge in [-0.15, -0.1) is 11.8 Å². The molecular weight excluding hydrogens is 278 g/mol. The smallest absolute Gasteiger partial charge is 0.327 e. The number of carbonyl (C=O) groups excluding carboxylic acids is 1. The summed E-state index contributed by atoms with van der Waals surface area (Å²) in [5, 5.41) is 9.07. The van der Waals surface area contributed by atoms with E-state index in [0.29, 0.717) is 18.2 Å². The molecule has 2 atom stereocenters. The van der Waals surface area contributed by atoms with E-state index in [1.807, 2.05) is 30.3 Å². The first-order valence-corrected chi connectivity index (χ1v) is 7.51. The van der Waals surface area contributed by atoms with Crippen molar-refractivity contribution in [1.29, 1.82) is 0 Å². The lowest BCUT2D eigenvalue weighted by atomic mass is 10.2. The maximum atomic E-state index is 12.2. The molecule has 2 unspecified atom stereocenters. The Morgan fingerprint density at radius 3 is 2.80 bits per heavy atom. The van der Waals surface area contributed by atoms with Crippen molar-refractivity contribution < 1.29 is 19.4 Å². The second kappa shape index (κ2) is 6.76. The van der Waals surface area contributed by atoms with Crippen molar-refractivity contribution >= 4 is 23.6 Å². The van der Waals surface area contributed by atoms with Crippen molar-refractivity contribution in [2.75, 3.05) is 11.6 Å². The van der Waals surface area contributed by atoms with E-state index in [1.165, 1.54) is 16.7 Å². The maximum absolute atomic E-state index is 12.2. The molecule has 1 aromatic carbocycles. The Hall–Kier alpha value is -1.53. The van der Waals surface area contributed by atoms with Gasteiger partial charge < -0.3 is 14.7 Å². The van der Waals surface area contributed by atoms with E-state index in [0.717, 1.165) is 5.56 Å². The molecule has 5 nitrogen and oxygen atoms in total. The molecule has 1 saturated heterocycles. The quantitative estimate of drug-likeness (QED) is 0.893. The summed E-state index contributed by atoms with van der Waals surface area (Å²) in [6.45, 7) is 2.00. The van der Waals surface area contributed by atoms with Gasteiger partial charge in [0.15, 0.2) is 0 Å². The van der Waals surface area contributed by atoms with E-state index in [9.17, 15) is 9.59 Å². The molecule has 1 N–H and O–H groups in total. The summed E-state index contributed by atoms with van der Waals surface area (Å²) in [6.07, 6.45) is -0.643. The van der Waals surface area contributed by atoms with Crippen LogP contribution in [0.25, 0.3) is 0 Å². The first-order chi connectivity index (χ1) is 9.59. The zero-order valence-corrected chi connectivity index (χ0v) is 12.0. The van der Waals surface area contributed by atoms with E-state index in [1.54, 1.807) is 6.92 Å². The fourth-order valence-electron chi connectivity index (χ4n) is 1.96. The van der Waals surface area contributed by atoms with Gasteiger partial charge in [-0.25, -0.2) is 4.79 Å². The molecule has 0 saturated carbocycles. The fraction of sp³-hybridized carbons (Fsp3) is 0.429. The number of nitrogens with zero attached hydrogens (tertiary/aromatic N) is 1. The molecule has 0 aromatic heterocycles. The number of aliphatic carboxylic acids is 1. The summed E-state index contributed by atoms with van der Waals surface area (Å²) in [5.74, 6) is -0.377. The number of amides is 1. The highest BCUT2D eigenvalue weighted by Crippen LogP contribution is 2.22. The number of thioether (sulfide) groups is 1. The van der Waals surface area contributed by atoms with Crippen molar-refractivity contribution in [3.8, 4) is 0 Å². The van der Waals surface area contributed by atoms with Gasteiger partial charge in [0.2, 0.25) is 0 Å². The van der Waals surface area contributed by atoms with Gasteiger partial charge in [-0.3, -0.25) is 4.79 Å². The third-order valence-corrected chi connectivity index (χ3v) is 4.15. The average molecular weight is 295 g/mol. The van der Waals surface area contributed by atoms with E-state index < -0.39 is 18.1 Å². The summed E-state index contributed by atoms with van der Waals surface area (Å²) in [4.78, 5) is 24.7. The van der Waals surface area contributed by atoms with Gasteiger partial charge in [0, 0.05) is 5.75 Å². The summed E-state index contributed by atoms with van der Waals surface area (Å²) < 4.78 is 5.54. The SMILES string of the molecule is CC(OCc1ccccc1)C(=O)N1CSCC1C(=O)O. The topological polar surface area (TPSA) is 66.8 Å². The van der Waals surface area contributed by atoms with Gasteiger partial charge >= 0.3 is 5.97 Å². The Labute approximate surface area is 121 Å². The zero-order valence-electron chi connectivity index (χ0n) is 11.2. The van der Waals surface area contributed by atoms with Crippen molar-refractivity contribution in [3.63, 3.8) is 0 Å². The Morgan fingerprint density at radius 2 is 2.15 bits per heavy atom. The van der Waals surface area contributed by atoms with Gasteiger partial charge in [-0.2, -0.15) is 0 Å². The zero-order chi connectivity index (χ0) is 14.5. The third kappa shape index (κ3) is 3.52. The molecule has 2 rings (SSSR count). The van der Waals surface area contributed by atoms with Crippen LogP contribution in [0.15, 0.2) is 30.3 Å². The minimum Gasteiger partial charge on any atom is -0.480 e. The molecule has 0 spiro atoms. The molecule has 1 heterocycles. The highest BCUT2D eigenvalue weighted by atomic mass is 32.2.